The molecule has 66 valence electrons. The van der Waals surface area contributed by atoms with Crippen molar-refractivity contribution in [3.05, 3.63) is 11.3 Å². The van der Waals surface area contributed by atoms with Crippen LogP contribution in [0.4, 0.5) is 0 Å². The summed E-state index contributed by atoms with van der Waals surface area (Å²) in [6.45, 7) is 1.13. The molecule has 0 bridgehead atoms. The number of fused-ring (bicyclic) bond motifs is 1. The maximum absolute atomic E-state index is 5.23. The van der Waals surface area contributed by atoms with Gasteiger partial charge in [0.15, 0.2) is 5.82 Å². The molecule has 0 atom stereocenters. The van der Waals surface area contributed by atoms with Crippen molar-refractivity contribution in [3.8, 4) is 11.5 Å². The average molecular weight is 178 g/mol. The standard InChI is InChI=1S/C6H6N6O/c1-3-4(2-13-1)7-8-5(3)6-9-11-12-10-6/h1-2H2,(H,7,8)(H,9,10,11,12). The Hall–Kier alpha value is -1.76. The Labute approximate surface area is 72.5 Å². The number of tetrazole rings is 1. The number of aromatic nitrogens is 6. The van der Waals surface area contributed by atoms with E-state index in [4.69, 9.17) is 4.74 Å². The normalized spacial score (nSPS) is 14.8. The fraction of sp³-hybridized carbons (Fsp3) is 0.333. The van der Waals surface area contributed by atoms with E-state index < -0.39 is 0 Å². The highest BCUT2D eigenvalue weighted by atomic mass is 16.5. The molecule has 0 aliphatic carbocycles. The van der Waals surface area contributed by atoms with Gasteiger partial charge in [0, 0.05) is 5.56 Å². The predicted molar refractivity (Wildman–Crippen MR) is 40.3 cm³/mol. The Morgan fingerprint density at radius 2 is 2.23 bits per heavy atom. The van der Waals surface area contributed by atoms with Crippen LogP contribution in [-0.4, -0.2) is 30.8 Å². The molecule has 2 aromatic heterocycles. The van der Waals surface area contributed by atoms with Gasteiger partial charge in [0.2, 0.25) is 0 Å². The van der Waals surface area contributed by atoms with E-state index >= 15 is 0 Å². The van der Waals surface area contributed by atoms with E-state index in [1.165, 1.54) is 0 Å². The lowest BCUT2D eigenvalue weighted by Gasteiger charge is -1.92. The zero-order valence-electron chi connectivity index (χ0n) is 6.61. The summed E-state index contributed by atoms with van der Waals surface area (Å²) in [6.07, 6.45) is 0. The smallest absolute Gasteiger partial charge is 0.197 e. The third kappa shape index (κ3) is 0.872. The van der Waals surface area contributed by atoms with Crippen LogP contribution in [0.15, 0.2) is 0 Å². The SMILES string of the molecule is C1OCc2c1n[nH]c2-c1nnn[nH]1. The second kappa shape index (κ2) is 2.36. The topological polar surface area (TPSA) is 92.4 Å². The Balaban J connectivity index is 2.16. The van der Waals surface area contributed by atoms with Crippen LogP contribution in [-0.2, 0) is 18.0 Å². The van der Waals surface area contributed by atoms with Crippen molar-refractivity contribution >= 4 is 0 Å². The summed E-state index contributed by atoms with van der Waals surface area (Å²) < 4.78 is 5.23. The molecule has 3 rings (SSSR count). The maximum atomic E-state index is 5.23. The van der Waals surface area contributed by atoms with Crippen LogP contribution in [0.3, 0.4) is 0 Å². The third-order valence-electron chi connectivity index (χ3n) is 2.02. The van der Waals surface area contributed by atoms with Gasteiger partial charge in [0.1, 0.15) is 5.69 Å². The van der Waals surface area contributed by atoms with Crippen LogP contribution < -0.4 is 0 Å². The van der Waals surface area contributed by atoms with Crippen molar-refractivity contribution in [2.45, 2.75) is 13.2 Å². The van der Waals surface area contributed by atoms with E-state index in [1.54, 1.807) is 0 Å². The predicted octanol–water partition coefficient (Wildman–Crippen LogP) is -0.380. The lowest BCUT2D eigenvalue weighted by molar-refractivity contribution is 0.132. The largest absolute Gasteiger partial charge is 0.370 e. The first-order chi connectivity index (χ1) is 6.45. The van der Waals surface area contributed by atoms with Crippen LogP contribution in [0.5, 0.6) is 0 Å². The lowest BCUT2D eigenvalue weighted by atomic mass is 10.2. The van der Waals surface area contributed by atoms with Gasteiger partial charge in [0.25, 0.3) is 0 Å². The maximum Gasteiger partial charge on any atom is 0.197 e. The molecule has 0 saturated carbocycles. The zero-order chi connectivity index (χ0) is 8.67. The second-order valence-electron chi connectivity index (χ2n) is 2.77. The minimum atomic E-state index is 0.563. The summed E-state index contributed by atoms with van der Waals surface area (Å²) in [5.74, 6) is 0.597. The van der Waals surface area contributed by atoms with Crippen LogP contribution in [0.1, 0.15) is 11.3 Å². The molecule has 1 aliphatic heterocycles. The number of hydrogen-bond donors (Lipinski definition) is 2. The minimum Gasteiger partial charge on any atom is -0.370 e. The first kappa shape index (κ1) is 6.72. The van der Waals surface area contributed by atoms with E-state index in [0.29, 0.717) is 19.0 Å². The van der Waals surface area contributed by atoms with Crippen molar-refractivity contribution in [3.63, 3.8) is 0 Å². The van der Waals surface area contributed by atoms with Crippen LogP contribution >= 0.6 is 0 Å². The van der Waals surface area contributed by atoms with Gasteiger partial charge in [-0.2, -0.15) is 5.10 Å². The van der Waals surface area contributed by atoms with Crippen molar-refractivity contribution in [2.24, 2.45) is 0 Å². The Bertz CT molecular complexity index is 418. The summed E-state index contributed by atoms with van der Waals surface area (Å²) in [7, 11) is 0. The van der Waals surface area contributed by atoms with Crippen LogP contribution in [0.25, 0.3) is 11.5 Å². The number of nitrogens with zero attached hydrogens (tertiary/aromatic N) is 4. The fourth-order valence-corrected chi connectivity index (χ4v) is 1.39. The van der Waals surface area contributed by atoms with Crippen LogP contribution in [0, 0.1) is 0 Å². The molecule has 0 spiro atoms. The highest BCUT2D eigenvalue weighted by molar-refractivity contribution is 5.55. The highest BCUT2D eigenvalue weighted by Gasteiger charge is 2.21. The first-order valence-corrected chi connectivity index (χ1v) is 3.83. The fourth-order valence-electron chi connectivity index (χ4n) is 1.39. The number of aromatic amines is 2. The number of ether oxygens (including phenoxy) is 1. The molecule has 1 aliphatic rings. The van der Waals surface area contributed by atoms with Gasteiger partial charge in [-0.3, -0.25) is 5.10 Å². The van der Waals surface area contributed by atoms with Crippen LogP contribution in [0.2, 0.25) is 0 Å². The van der Waals surface area contributed by atoms with Crippen molar-refractivity contribution in [1.82, 2.24) is 30.8 Å². The Morgan fingerprint density at radius 1 is 1.23 bits per heavy atom. The van der Waals surface area contributed by atoms with Gasteiger partial charge in [-0.1, -0.05) is 0 Å². The summed E-state index contributed by atoms with van der Waals surface area (Å²) in [5.41, 5.74) is 2.79. The highest BCUT2D eigenvalue weighted by Crippen LogP contribution is 2.25. The number of rotatable bonds is 1. The molecular weight excluding hydrogens is 172 g/mol. The molecule has 2 N–H and O–H groups in total. The quantitative estimate of drug-likeness (QED) is 0.621. The summed E-state index contributed by atoms with van der Waals surface area (Å²) in [5, 5.41) is 20.4. The number of hydrogen-bond acceptors (Lipinski definition) is 5. The van der Waals surface area contributed by atoms with Gasteiger partial charge in [-0.05, 0) is 10.4 Å². The van der Waals surface area contributed by atoms with E-state index in [0.717, 1.165) is 17.0 Å². The van der Waals surface area contributed by atoms with E-state index in [2.05, 4.69) is 30.8 Å². The monoisotopic (exact) mass is 178 g/mol. The Morgan fingerprint density at radius 3 is 3.08 bits per heavy atom. The third-order valence-corrected chi connectivity index (χ3v) is 2.02. The van der Waals surface area contributed by atoms with Crippen molar-refractivity contribution < 1.29 is 4.74 Å². The molecule has 13 heavy (non-hydrogen) atoms. The van der Waals surface area contributed by atoms with Gasteiger partial charge in [0.05, 0.1) is 18.9 Å². The summed E-state index contributed by atoms with van der Waals surface area (Å²) in [4.78, 5) is 0. The van der Waals surface area contributed by atoms with E-state index in [-0.39, 0.29) is 0 Å². The van der Waals surface area contributed by atoms with Crippen molar-refractivity contribution in [1.29, 1.82) is 0 Å². The van der Waals surface area contributed by atoms with Crippen molar-refractivity contribution in [2.75, 3.05) is 0 Å². The molecule has 3 heterocycles. The summed E-state index contributed by atoms with van der Waals surface area (Å²) >= 11 is 0. The average Bonchev–Trinajstić information content (AvgIpc) is 2.79. The lowest BCUT2D eigenvalue weighted by Crippen LogP contribution is -1.87. The van der Waals surface area contributed by atoms with E-state index in [1.807, 2.05) is 0 Å². The molecule has 7 heteroatoms. The van der Waals surface area contributed by atoms with Gasteiger partial charge >= 0.3 is 0 Å². The van der Waals surface area contributed by atoms with Gasteiger partial charge < -0.3 is 4.74 Å². The number of nitrogens with one attached hydrogen (secondary N) is 2. The zero-order valence-corrected chi connectivity index (χ0v) is 6.61. The second-order valence-corrected chi connectivity index (χ2v) is 2.77. The minimum absolute atomic E-state index is 0.563. The molecule has 0 aromatic carbocycles. The van der Waals surface area contributed by atoms with Gasteiger partial charge in [-0.25, -0.2) is 5.10 Å². The van der Waals surface area contributed by atoms with E-state index in [9.17, 15) is 0 Å². The molecule has 0 saturated heterocycles. The molecule has 7 nitrogen and oxygen atoms in total. The first-order valence-electron chi connectivity index (χ1n) is 3.83. The molecule has 0 fully saturated rings. The molecule has 0 amide bonds. The summed E-state index contributed by atoms with van der Waals surface area (Å²) in [6, 6.07) is 0. The van der Waals surface area contributed by atoms with Gasteiger partial charge in [-0.15, -0.1) is 5.10 Å². The molecule has 2 aromatic rings. The number of H-pyrrole nitrogens is 2. The molecular formula is C6H6N6O. The molecule has 0 radical (unpaired) electrons. The Kier molecular flexibility index (Phi) is 1.22. The molecule has 0 unspecified atom stereocenters.